The fourth-order valence-electron chi connectivity index (χ4n) is 1.86. The molecule has 0 saturated carbocycles. The number of rotatable bonds is 5. The van der Waals surface area contributed by atoms with Crippen molar-refractivity contribution in [1.29, 1.82) is 0 Å². The van der Waals surface area contributed by atoms with Gasteiger partial charge in [0.05, 0.1) is 34.9 Å². The number of amides is 1. The lowest BCUT2D eigenvalue weighted by Crippen LogP contribution is -2.21. The van der Waals surface area contributed by atoms with E-state index in [4.69, 9.17) is 4.74 Å². The van der Waals surface area contributed by atoms with Crippen molar-refractivity contribution in [2.75, 3.05) is 11.6 Å². The highest BCUT2D eigenvalue weighted by molar-refractivity contribution is 6.32. The molecular weight excluding hydrogens is 290 g/mol. The van der Waals surface area contributed by atoms with Crippen LogP contribution in [0.25, 0.3) is 0 Å². The molecule has 0 N–H and O–H groups in total. The number of hydrogen-bond acceptors (Lipinski definition) is 6. The smallest absolute Gasteiger partial charge is 0.311 e. The molecule has 22 heavy (non-hydrogen) atoms. The minimum Gasteiger partial charge on any atom is -0.466 e. The van der Waals surface area contributed by atoms with Gasteiger partial charge in [-0.2, -0.15) is 10.1 Å². The Bertz CT molecular complexity index is 678. The topological polar surface area (TPSA) is 102 Å². The van der Waals surface area contributed by atoms with Gasteiger partial charge >= 0.3 is 5.97 Å². The molecule has 0 atom stereocenters. The van der Waals surface area contributed by atoms with Gasteiger partial charge in [0.15, 0.2) is 0 Å². The molecule has 1 aromatic rings. The Morgan fingerprint density at radius 2 is 2.05 bits per heavy atom. The van der Waals surface area contributed by atoms with Crippen LogP contribution in [0.2, 0.25) is 0 Å². The monoisotopic (exact) mass is 303 g/mol. The summed E-state index contributed by atoms with van der Waals surface area (Å²) in [7, 11) is 0. The number of anilines is 1. The number of hydrazone groups is 1. The molecule has 1 aliphatic rings. The van der Waals surface area contributed by atoms with Gasteiger partial charge in [-0.25, -0.2) is 0 Å². The minimum atomic E-state index is -0.538. The summed E-state index contributed by atoms with van der Waals surface area (Å²) in [5.74, 6) is -0.978. The molecule has 0 fully saturated rings. The largest absolute Gasteiger partial charge is 0.466 e. The van der Waals surface area contributed by atoms with Crippen LogP contribution < -0.4 is 5.01 Å². The van der Waals surface area contributed by atoms with Gasteiger partial charge in [-0.1, -0.05) is 6.58 Å². The summed E-state index contributed by atoms with van der Waals surface area (Å²) in [4.78, 5) is 33.6. The van der Waals surface area contributed by atoms with E-state index in [1.165, 1.54) is 24.3 Å². The maximum Gasteiger partial charge on any atom is 0.311 e. The number of nitrogens with zero attached hydrogens (tertiary/aromatic N) is 3. The zero-order valence-corrected chi connectivity index (χ0v) is 11.8. The second-order valence-corrected chi connectivity index (χ2v) is 4.40. The lowest BCUT2D eigenvalue weighted by atomic mass is 10.1. The average molecular weight is 303 g/mol. The molecule has 0 saturated heterocycles. The van der Waals surface area contributed by atoms with Gasteiger partial charge in [0.2, 0.25) is 0 Å². The van der Waals surface area contributed by atoms with Crippen LogP contribution in [0.4, 0.5) is 11.4 Å². The van der Waals surface area contributed by atoms with E-state index in [2.05, 4.69) is 11.7 Å². The van der Waals surface area contributed by atoms with Crippen LogP contribution >= 0.6 is 0 Å². The number of ether oxygens (including phenoxy) is 1. The number of esters is 1. The van der Waals surface area contributed by atoms with Crippen LogP contribution in [0.3, 0.4) is 0 Å². The van der Waals surface area contributed by atoms with Crippen molar-refractivity contribution < 1.29 is 19.2 Å². The van der Waals surface area contributed by atoms with E-state index in [9.17, 15) is 19.7 Å². The molecule has 114 valence electrons. The maximum atomic E-state index is 12.1. The van der Waals surface area contributed by atoms with Crippen LogP contribution in [0.15, 0.2) is 41.5 Å². The van der Waals surface area contributed by atoms with Crippen LogP contribution in [0, 0.1) is 10.1 Å². The lowest BCUT2D eigenvalue weighted by Gasteiger charge is -2.10. The van der Waals surface area contributed by atoms with Crippen molar-refractivity contribution in [3.05, 3.63) is 46.5 Å². The first kappa shape index (κ1) is 15.4. The van der Waals surface area contributed by atoms with E-state index in [1.807, 2.05) is 0 Å². The Morgan fingerprint density at radius 3 is 2.59 bits per heavy atom. The molecule has 0 spiro atoms. The molecule has 0 radical (unpaired) electrons. The van der Waals surface area contributed by atoms with E-state index in [0.717, 1.165) is 5.01 Å². The number of benzene rings is 1. The van der Waals surface area contributed by atoms with E-state index in [-0.39, 0.29) is 30.0 Å². The fraction of sp³-hybridized carbons (Fsp3) is 0.214. The van der Waals surface area contributed by atoms with E-state index in [0.29, 0.717) is 5.69 Å². The van der Waals surface area contributed by atoms with Crippen molar-refractivity contribution in [3.63, 3.8) is 0 Å². The molecule has 1 aliphatic heterocycles. The van der Waals surface area contributed by atoms with Crippen LogP contribution in [0.1, 0.15) is 13.3 Å². The van der Waals surface area contributed by atoms with Gasteiger partial charge in [-0.3, -0.25) is 19.7 Å². The number of nitro groups is 1. The molecule has 0 unspecified atom stereocenters. The third-order valence-electron chi connectivity index (χ3n) is 2.94. The molecule has 2 rings (SSSR count). The molecule has 1 heterocycles. The normalized spacial score (nSPS) is 14.0. The Labute approximate surface area is 125 Å². The zero-order chi connectivity index (χ0) is 16.3. The highest BCUT2D eigenvalue weighted by atomic mass is 16.6. The van der Waals surface area contributed by atoms with Gasteiger partial charge in [-0.15, -0.1) is 0 Å². The highest BCUT2D eigenvalue weighted by Crippen LogP contribution is 2.25. The SMILES string of the molecule is C=C1C(=O)N(c2ccc([N+](=O)[O-])cc2)N=C1CC(=O)OCC. The summed E-state index contributed by atoms with van der Waals surface area (Å²) in [5, 5.41) is 15.7. The Balaban J connectivity index is 2.22. The van der Waals surface area contributed by atoms with E-state index in [1.54, 1.807) is 6.92 Å². The van der Waals surface area contributed by atoms with Gasteiger partial charge in [0, 0.05) is 12.1 Å². The van der Waals surface area contributed by atoms with Gasteiger partial charge in [-0.05, 0) is 19.1 Å². The van der Waals surface area contributed by atoms with Crippen molar-refractivity contribution >= 4 is 29.0 Å². The molecular formula is C14H13N3O5. The van der Waals surface area contributed by atoms with Crippen LogP contribution in [-0.4, -0.2) is 29.1 Å². The Morgan fingerprint density at radius 1 is 1.41 bits per heavy atom. The summed E-state index contributed by atoms with van der Waals surface area (Å²) in [5.41, 5.74) is 0.591. The zero-order valence-electron chi connectivity index (χ0n) is 11.8. The van der Waals surface area contributed by atoms with Gasteiger partial charge in [0.1, 0.15) is 0 Å². The third kappa shape index (κ3) is 3.00. The second kappa shape index (κ2) is 6.17. The summed E-state index contributed by atoms with van der Waals surface area (Å²) in [6.45, 7) is 5.53. The van der Waals surface area contributed by atoms with E-state index < -0.39 is 16.8 Å². The maximum absolute atomic E-state index is 12.1. The van der Waals surface area contributed by atoms with Crippen molar-refractivity contribution in [1.82, 2.24) is 0 Å². The summed E-state index contributed by atoms with van der Waals surface area (Å²) < 4.78 is 4.80. The van der Waals surface area contributed by atoms with Crippen LogP contribution in [-0.2, 0) is 14.3 Å². The number of carbonyl (C=O) groups excluding carboxylic acids is 2. The first-order valence-electron chi connectivity index (χ1n) is 6.45. The second-order valence-electron chi connectivity index (χ2n) is 4.40. The molecule has 0 bridgehead atoms. The quantitative estimate of drug-likeness (QED) is 0.357. The standard InChI is InChI=1S/C14H13N3O5/c1-3-22-13(18)8-12-9(2)14(19)16(15-12)10-4-6-11(7-5-10)17(20)21/h4-7H,2-3,8H2,1H3. The third-order valence-corrected chi connectivity index (χ3v) is 2.94. The van der Waals surface area contributed by atoms with Crippen molar-refractivity contribution in [3.8, 4) is 0 Å². The van der Waals surface area contributed by atoms with Gasteiger partial charge < -0.3 is 4.74 Å². The molecule has 8 nitrogen and oxygen atoms in total. The van der Waals surface area contributed by atoms with Crippen LogP contribution in [0.5, 0.6) is 0 Å². The highest BCUT2D eigenvalue weighted by Gasteiger charge is 2.31. The number of hydrogen-bond donors (Lipinski definition) is 0. The van der Waals surface area contributed by atoms with Crippen molar-refractivity contribution in [2.45, 2.75) is 13.3 Å². The molecule has 1 amide bonds. The average Bonchev–Trinajstić information content (AvgIpc) is 2.76. The number of non-ortho nitro benzene ring substituents is 1. The number of carbonyl (C=O) groups is 2. The molecule has 1 aromatic carbocycles. The van der Waals surface area contributed by atoms with Crippen molar-refractivity contribution in [2.24, 2.45) is 5.10 Å². The number of nitro benzene ring substituents is 1. The Hall–Kier alpha value is -3.03. The predicted octanol–water partition coefficient (Wildman–Crippen LogP) is 1.81. The summed E-state index contributed by atoms with van der Waals surface area (Å²) in [6, 6.07) is 5.34. The first-order chi connectivity index (χ1) is 10.4. The molecule has 8 heteroatoms. The predicted molar refractivity (Wildman–Crippen MR) is 78.4 cm³/mol. The first-order valence-corrected chi connectivity index (χ1v) is 6.45. The lowest BCUT2D eigenvalue weighted by molar-refractivity contribution is -0.384. The van der Waals surface area contributed by atoms with E-state index >= 15 is 0 Å². The summed E-state index contributed by atoms with van der Waals surface area (Å²) >= 11 is 0. The fourth-order valence-corrected chi connectivity index (χ4v) is 1.86. The molecule has 0 aliphatic carbocycles. The molecule has 0 aromatic heterocycles. The minimum absolute atomic E-state index is 0.0926. The summed E-state index contributed by atoms with van der Waals surface area (Å²) in [6.07, 6.45) is -0.151. The Kier molecular flexibility index (Phi) is 4.31. The van der Waals surface area contributed by atoms with Gasteiger partial charge in [0.25, 0.3) is 11.6 Å².